The second kappa shape index (κ2) is 10.7. The van der Waals surface area contributed by atoms with E-state index in [1.165, 1.54) is 50.7 Å². The number of rotatable bonds is 7. The molecule has 0 unspecified atom stereocenters. The molecular formula is C23H26FN3O3. The first kappa shape index (κ1) is 21.7. The quantitative estimate of drug-likeness (QED) is 0.319. The zero-order valence-electron chi connectivity index (χ0n) is 17.1. The highest BCUT2D eigenvalue weighted by Crippen LogP contribution is 2.37. The summed E-state index contributed by atoms with van der Waals surface area (Å²) in [5, 5.41) is 8.72. The molecule has 1 fully saturated rings. The SMILES string of the molecule is CCCCCC1CCC(c2cnc(OC(=O)Oc3ccc(C#N)c(F)c3)nc2)CC1. The second-order valence-corrected chi connectivity index (χ2v) is 7.72. The molecule has 6 nitrogen and oxygen atoms in total. The smallest absolute Gasteiger partial charge is 0.395 e. The van der Waals surface area contributed by atoms with Crippen LogP contribution in [0.15, 0.2) is 30.6 Å². The highest BCUT2D eigenvalue weighted by Gasteiger charge is 2.23. The Bertz CT molecular complexity index is 888. The lowest BCUT2D eigenvalue weighted by Gasteiger charge is -2.28. The Balaban J connectivity index is 1.48. The molecule has 0 N–H and O–H groups in total. The molecule has 0 amide bonds. The molecule has 7 heteroatoms. The van der Waals surface area contributed by atoms with Crippen molar-refractivity contribution < 1.29 is 18.7 Å². The van der Waals surface area contributed by atoms with Crippen molar-refractivity contribution in [3.63, 3.8) is 0 Å². The van der Waals surface area contributed by atoms with Gasteiger partial charge < -0.3 is 9.47 Å². The predicted octanol–water partition coefficient (Wildman–Crippen LogP) is 5.92. The van der Waals surface area contributed by atoms with E-state index in [-0.39, 0.29) is 17.3 Å². The first-order valence-electron chi connectivity index (χ1n) is 10.5. The summed E-state index contributed by atoms with van der Waals surface area (Å²) in [4.78, 5) is 20.1. The van der Waals surface area contributed by atoms with Crippen LogP contribution >= 0.6 is 0 Å². The molecule has 2 aromatic rings. The molecule has 0 bridgehead atoms. The summed E-state index contributed by atoms with van der Waals surface area (Å²) in [6, 6.07) is 5.06. The van der Waals surface area contributed by atoms with Crippen molar-refractivity contribution in [2.45, 2.75) is 64.2 Å². The van der Waals surface area contributed by atoms with Gasteiger partial charge in [-0.2, -0.15) is 5.26 Å². The van der Waals surface area contributed by atoms with Gasteiger partial charge in [0.05, 0.1) is 5.56 Å². The third-order valence-electron chi connectivity index (χ3n) is 5.62. The first-order valence-corrected chi connectivity index (χ1v) is 10.5. The molecule has 30 heavy (non-hydrogen) atoms. The minimum atomic E-state index is -1.07. The molecule has 0 saturated heterocycles. The Hall–Kier alpha value is -3.01. The van der Waals surface area contributed by atoms with Gasteiger partial charge in [-0.15, -0.1) is 0 Å². The molecule has 1 saturated carbocycles. The fraction of sp³-hybridized carbons (Fsp3) is 0.478. The van der Waals surface area contributed by atoms with E-state index < -0.39 is 12.0 Å². The number of hydrogen-bond acceptors (Lipinski definition) is 6. The van der Waals surface area contributed by atoms with E-state index in [9.17, 15) is 9.18 Å². The van der Waals surface area contributed by atoms with Gasteiger partial charge in [-0.25, -0.2) is 19.2 Å². The molecule has 0 spiro atoms. The molecule has 1 heterocycles. The predicted molar refractivity (Wildman–Crippen MR) is 109 cm³/mol. The monoisotopic (exact) mass is 411 g/mol. The van der Waals surface area contributed by atoms with Crippen LogP contribution in [0.1, 0.15) is 75.3 Å². The summed E-state index contributed by atoms with van der Waals surface area (Å²) < 4.78 is 23.4. The van der Waals surface area contributed by atoms with Crippen LogP contribution in [0.25, 0.3) is 0 Å². The Morgan fingerprint density at radius 3 is 2.53 bits per heavy atom. The molecule has 1 aliphatic carbocycles. The summed E-state index contributed by atoms with van der Waals surface area (Å²) in [7, 11) is 0. The maximum Gasteiger partial charge on any atom is 0.521 e. The topological polar surface area (TPSA) is 85.1 Å². The number of carbonyl (C=O) groups is 1. The Labute approximate surface area is 176 Å². The van der Waals surface area contributed by atoms with Gasteiger partial charge in [0.15, 0.2) is 0 Å². The third-order valence-corrected chi connectivity index (χ3v) is 5.62. The number of nitrogens with zero attached hydrogens (tertiary/aromatic N) is 3. The van der Waals surface area contributed by atoms with E-state index in [1.807, 2.05) is 0 Å². The van der Waals surface area contributed by atoms with Crippen LogP contribution < -0.4 is 9.47 Å². The number of aromatic nitrogens is 2. The van der Waals surface area contributed by atoms with Gasteiger partial charge in [0, 0.05) is 18.5 Å². The number of carbonyl (C=O) groups excluding carboxylic acids is 1. The number of unbranched alkanes of at least 4 members (excludes halogenated alkanes) is 2. The average molecular weight is 411 g/mol. The lowest BCUT2D eigenvalue weighted by atomic mass is 9.77. The summed E-state index contributed by atoms with van der Waals surface area (Å²) in [6.07, 6.45) is 12.3. The summed E-state index contributed by atoms with van der Waals surface area (Å²) >= 11 is 0. The van der Waals surface area contributed by atoms with Gasteiger partial charge in [0.25, 0.3) is 0 Å². The number of benzene rings is 1. The summed E-state index contributed by atoms with van der Waals surface area (Å²) in [6.45, 7) is 2.23. The van der Waals surface area contributed by atoms with Crippen LogP contribution in [0.3, 0.4) is 0 Å². The number of ether oxygens (including phenoxy) is 2. The van der Waals surface area contributed by atoms with E-state index in [2.05, 4.69) is 16.9 Å². The van der Waals surface area contributed by atoms with E-state index in [0.29, 0.717) is 5.92 Å². The van der Waals surface area contributed by atoms with Crippen molar-refractivity contribution in [2.24, 2.45) is 5.92 Å². The van der Waals surface area contributed by atoms with Crippen molar-refractivity contribution in [3.05, 3.63) is 47.5 Å². The number of hydrogen-bond donors (Lipinski definition) is 0. The van der Waals surface area contributed by atoms with Crippen LogP contribution in [0.5, 0.6) is 11.8 Å². The van der Waals surface area contributed by atoms with Gasteiger partial charge in [-0.1, -0.05) is 32.6 Å². The van der Waals surface area contributed by atoms with Crippen molar-refractivity contribution in [3.8, 4) is 17.8 Å². The van der Waals surface area contributed by atoms with E-state index in [1.54, 1.807) is 18.5 Å². The molecular weight excluding hydrogens is 385 g/mol. The van der Waals surface area contributed by atoms with Crippen molar-refractivity contribution in [1.82, 2.24) is 9.97 Å². The lowest BCUT2D eigenvalue weighted by Crippen LogP contribution is -2.16. The maximum absolute atomic E-state index is 13.6. The molecule has 0 radical (unpaired) electrons. The highest BCUT2D eigenvalue weighted by molar-refractivity contribution is 5.66. The molecule has 0 aliphatic heterocycles. The second-order valence-electron chi connectivity index (χ2n) is 7.72. The third kappa shape index (κ3) is 5.99. The number of nitriles is 1. The van der Waals surface area contributed by atoms with E-state index in [0.717, 1.165) is 30.4 Å². The zero-order valence-corrected chi connectivity index (χ0v) is 17.1. The highest BCUT2D eigenvalue weighted by atomic mass is 19.1. The summed E-state index contributed by atoms with van der Waals surface area (Å²) in [5.41, 5.74) is 0.918. The fourth-order valence-electron chi connectivity index (χ4n) is 3.90. The molecule has 1 aromatic carbocycles. The van der Waals surface area contributed by atoms with Crippen LogP contribution in [0.2, 0.25) is 0 Å². The van der Waals surface area contributed by atoms with Gasteiger partial charge in [-0.3, -0.25) is 0 Å². The van der Waals surface area contributed by atoms with Crippen LogP contribution in [0, 0.1) is 23.1 Å². The molecule has 0 atom stereocenters. The Morgan fingerprint density at radius 1 is 1.17 bits per heavy atom. The molecule has 158 valence electrons. The minimum Gasteiger partial charge on any atom is -0.395 e. The maximum atomic E-state index is 13.6. The standard InChI is InChI=1S/C23H26FN3O3/c1-2-3-4-5-16-6-8-17(9-7-16)19-14-26-22(27-15-19)30-23(28)29-20-11-10-18(13-25)21(24)12-20/h10-12,14-17H,2-9H2,1H3. The van der Waals surface area contributed by atoms with Gasteiger partial charge in [-0.05, 0) is 55.2 Å². The average Bonchev–Trinajstić information content (AvgIpc) is 2.75. The zero-order chi connectivity index (χ0) is 21.3. The van der Waals surface area contributed by atoms with Crippen LogP contribution in [-0.4, -0.2) is 16.1 Å². The minimum absolute atomic E-state index is 0.0659. The van der Waals surface area contributed by atoms with Crippen LogP contribution in [0.4, 0.5) is 9.18 Å². The fourth-order valence-corrected chi connectivity index (χ4v) is 3.90. The van der Waals surface area contributed by atoms with Crippen molar-refractivity contribution >= 4 is 6.16 Å². The van der Waals surface area contributed by atoms with E-state index >= 15 is 0 Å². The molecule has 3 rings (SSSR count). The van der Waals surface area contributed by atoms with Gasteiger partial charge in [0.2, 0.25) is 0 Å². The van der Waals surface area contributed by atoms with Crippen LogP contribution in [-0.2, 0) is 0 Å². The summed E-state index contributed by atoms with van der Waals surface area (Å²) in [5.74, 6) is 0.431. The lowest BCUT2D eigenvalue weighted by molar-refractivity contribution is 0.147. The normalized spacial score (nSPS) is 18.4. The Morgan fingerprint density at radius 2 is 1.90 bits per heavy atom. The van der Waals surface area contributed by atoms with E-state index in [4.69, 9.17) is 14.7 Å². The van der Waals surface area contributed by atoms with Gasteiger partial charge in [0.1, 0.15) is 17.6 Å². The van der Waals surface area contributed by atoms with Crippen molar-refractivity contribution in [1.29, 1.82) is 5.26 Å². The van der Waals surface area contributed by atoms with Gasteiger partial charge >= 0.3 is 12.2 Å². The number of halogens is 1. The molecule has 1 aromatic heterocycles. The molecule has 1 aliphatic rings. The Kier molecular flexibility index (Phi) is 7.72. The van der Waals surface area contributed by atoms with Crippen molar-refractivity contribution in [2.75, 3.05) is 0 Å². The first-order chi connectivity index (χ1) is 14.6. The largest absolute Gasteiger partial charge is 0.521 e.